The Kier molecular flexibility index (Phi) is 3.46. The van der Waals surface area contributed by atoms with Crippen LogP contribution in [-0.2, 0) is 0 Å². The Morgan fingerprint density at radius 1 is 1.12 bits per heavy atom. The van der Waals surface area contributed by atoms with Crippen molar-refractivity contribution < 1.29 is 13.6 Å². The lowest BCUT2D eigenvalue weighted by Gasteiger charge is -2.03. The summed E-state index contributed by atoms with van der Waals surface area (Å²) in [6.07, 6.45) is 2.30. The fourth-order valence-corrected chi connectivity index (χ4v) is 2.09. The van der Waals surface area contributed by atoms with E-state index in [1.54, 1.807) is 0 Å². The highest BCUT2D eigenvalue weighted by Gasteiger charge is 2.13. The van der Waals surface area contributed by atoms with E-state index in [1.807, 2.05) is 22.6 Å². The van der Waals surface area contributed by atoms with E-state index < -0.39 is 11.6 Å². The number of hydrogen-bond acceptors (Lipinski definition) is 2. The van der Waals surface area contributed by atoms with Gasteiger partial charge in [-0.2, -0.15) is 0 Å². The van der Waals surface area contributed by atoms with Crippen LogP contribution in [0.15, 0.2) is 36.7 Å². The third-order valence-electron chi connectivity index (χ3n) is 2.14. The lowest BCUT2D eigenvalue weighted by molar-refractivity contribution is 0.103. The molecule has 0 fully saturated rings. The molecule has 0 saturated carbocycles. The maximum absolute atomic E-state index is 12.9. The Morgan fingerprint density at radius 2 is 1.88 bits per heavy atom. The molecule has 0 atom stereocenters. The molecular weight excluding hydrogens is 339 g/mol. The highest BCUT2D eigenvalue weighted by Crippen LogP contribution is 2.18. The van der Waals surface area contributed by atoms with Crippen LogP contribution in [0.3, 0.4) is 0 Å². The van der Waals surface area contributed by atoms with Crippen molar-refractivity contribution in [3.63, 3.8) is 0 Å². The van der Waals surface area contributed by atoms with E-state index in [1.165, 1.54) is 24.4 Å². The van der Waals surface area contributed by atoms with Crippen molar-refractivity contribution in [1.29, 1.82) is 0 Å². The molecule has 2 nitrogen and oxygen atoms in total. The molecule has 17 heavy (non-hydrogen) atoms. The number of pyridine rings is 1. The molecule has 0 bridgehead atoms. The highest BCUT2D eigenvalue weighted by molar-refractivity contribution is 14.1. The summed E-state index contributed by atoms with van der Waals surface area (Å²) < 4.78 is 26.3. The zero-order valence-electron chi connectivity index (χ0n) is 8.45. The van der Waals surface area contributed by atoms with Crippen LogP contribution in [0, 0.1) is 15.2 Å². The number of carbonyl (C=O) groups is 1. The Morgan fingerprint density at radius 3 is 2.53 bits per heavy atom. The smallest absolute Gasteiger partial charge is 0.195 e. The average molecular weight is 345 g/mol. The number of aromatic nitrogens is 1. The maximum Gasteiger partial charge on any atom is 0.195 e. The van der Waals surface area contributed by atoms with Gasteiger partial charge in [0.25, 0.3) is 0 Å². The monoisotopic (exact) mass is 345 g/mol. The van der Waals surface area contributed by atoms with E-state index in [4.69, 9.17) is 0 Å². The van der Waals surface area contributed by atoms with E-state index in [0.29, 0.717) is 9.13 Å². The van der Waals surface area contributed by atoms with Gasteiger partial charge < -0.3 is 0 Å². The van der Waals surface area contributed by atoms with Gasteiger partial charge in [-0.25, -0.2) is 8.78 Å². The van der Waals surface area contributed by atoms with E-state index >= 15 is 0 Å². The number of rotatable bonds is 2. The molecule has 86 valence electrons. The van der Waals surface area contributed by atoms with Crippen LogP contribution >= 0.6 is 22.6 Å². The second kappa shape index (κ2) is 4.87. The first-order valence-corrected chi connectivity index (χ1v) is 5.76. The van der Waals surface area contributed by atoms with Crippen molar-refractivity contribution in [2.75, 3.05) is 0 Å². The fourth-order valence-electron chi connectivity index (χ4n) is 1.37. The SMILES string of the molecule is O=C(c1cncc(F)c1)c1ccc(F)cc1I. The molecule has 5 heteroatoms. The number of carbonyl (C=O) groups excluding carboxylic acids is 1. The number of nitrogens with zero attached hydrogens (tertiary/aromatic N) is 1. The van der Waals surface area contributed by atoms with Gasteiger partial charge in [0.1, 0.15) is 11.6 Å². The molecule has 0 unspecified atom stereocenters. The van der Waals surface area contributed by atoms with Gasteiger partial charge in [-0.1, -0.05) is 0 Å². The van der Waals surface area contributed by atoms with E-state index in [0.717, 1.165) is 12.3 Å². The molecule has 1 aromatic carbocycles. The predicted octanol–water partition coefficient (Wildman–Crippen LogP) is 3.20. The van der Waals surface area contributed by atoms with Crippen LogP contribution in [0.2, 0.25) is 0 Å². The Bertz CT molecular complexity index is 586. The molecule has 0 radical (unpaired) electrons. The molecule has 0 aliphatic carbocycles. The van der Waals surface area contributed by atoms with Crippen LogP contribution in [0.5, 0.6) is 0 Å². The van der Waals surface area contributed by atoms with Crippen LogP contribution in [-0.4, -0.2) is 10.8 Å². The van der Waals surface area contributed by atoms with Crippen LogP contribution in [0.25, 0.3) is 0 Å². The zero-order valence-corrected chi connectivity index (χ0v) is 10.6. The lowest BCUT2D eigenvalue weighted by Crippen LogP contribution is -2.05. The number of halogens is 3. The van der Waals surface area contributed by atoms with Crippen molar-refractivity contribution in [2.24, 2.45) is 0 Å². The summed E-state index contributed by atoms with van der Waals surface area (Å²) >= 11 is 1.86. The second-order valence-corrected chi connectivity index (χ2v) is 4.51. The molecule has 0 aliphatic heterocycles. The normalized spacial score (nSPS) is 10.3. The van der Waals surface area contributed by atoms with Gasteiger partial charge in [0.05, 0.1) is 6.20 Å². The number of benzene rings is 1. The number of hydrogen-bond donors (Lipinski definition) is 0. The molecule has 1 heterocycles. The Hall–Kier alpha value is -1.37. The maximum atomic E-state index is 12.9. The van der Waals surface area contributed by atoms with Crippen molar-refractivity contribution in [3.05, 3.63) is 63.0 Å². The van der Waals surface area contributed by atoms with Gasteiger partial charge in [-0.05, 0) is 46.9 Å². The molecular formula is C12H6F2INO. The molecule has 0 spiro atoms. The van der Waals surface area contributed by atoms with Crippen molar-refractivity contribution in [3.8, 4) is 0 Å². The quantitative estimate of drug-likeness (QED) is 0.618. The van der Waals surface area contributed by atoms with Crippen LogP contribution in [0.1, 0.15) is 15.9 Å². The van der Waals surface area contributed by atoms with Gasteiger partial charge in [0.15, 0.2) is 5.78 Å². The molecule has 0 aliphatic rings. The predicted molar refractivity (Wildman–Crippen MR) is 66.7 cm³/mol. The summed E-state index contributed by atoms with van der Waals surface area (Å²) in [5.41, 5.74) is 0.480. The molecule has 0 N–H and O–H groups in total. The second-order valence-electron chi connectivity index (χ2n) is 3.35. The first-order chi connectivity index (χ1) is 8.08. The summed E-state index contributed by atoms with van der Waals surface area (Å²) in [5.74, 6) is -1.36. The minimum Gasteiger partial charge on any atom is -0.289 e. The van der Waals surface area contributed by atoms with Gasteiger partial charge in [0.2, 0.25) is 0 Å². The Balaban J connectivity index is 2.44. The summed E-state index contributed by atoms with van der Waals surface area (Å²) in [6, 6.07) is 4.93. The lowest BCUT2D eigenvalue weighted by atomic mass is 10.1. The third-order valence-corrected chi connectivity index (χ3v) is 3.04. The number of ketones is 1. The van der Waals surface area contributed by atoms with E-state index in [-0.39, 0.29) is 11.3 Å². The molecule has 1 aromatic heterocycles. The van der Waals surface area contributed by atoms with Crippen molar-refractivity contribution >= 4 is 28.4 Å². The van der Waals surface area contributed by atoms with Gasteiger partial charge in [-0.15, -0.1) is 0 Å². The first-order valence-electron chi connectivity index (χ1n) is 4.68. The Labute approximate surface area is 110 Å². The topological polar surface area (TPSA) is 30.0 Å². The molecule has 2 rings (SSSR count). The van der Waals surface area contributed by atoms with Crippen LogP contribution in [0.4, 0.5) is 8.78 Å². The molecule has 2 aromatic rings. The highest BCUT2D eigenvalue weighted by atomic mass is 127. The average Bonchev–Trinajstić information content (AvgIpc) is 2.28. The van der Waals surface area contributed by atoms with Gasteiger partial charge >= 0.3 is 0 Å². The third kappa shape index (κ3) is 2.66. The minimum atomic E-state index is -0.576. The summed E-state index contributed by atoms with van der Waals surface area (Å²) in [7, 11) is 0. The largest absolute Gasteiger partial charge is 0.289 e. The van der Waals surface area contributed by atoms with Crippen molar-refractivity contribution in [2.45, 2.75) is 0 Å². The minimum absolute atomic E-state index is 0.148. The van der Waals surface area contributed by atoms with Gasteiger partial charge in [0, 0.05) is 20.9 Å². The van der Waals surface area contributed by atoms with Gasteiger partial charge in [-0.3, -0.25) is 9.78 Å². The summed E-state index contributed by atoms with van der Waals surface area (Å²) in [4.78, 5) is 15.6. The van der Waals surface area contributed by atoms with Crippen LogP contribution < -0.4 is 0 Å². The van der Waals surface area contributed by atoms with E-state index in [2.05, 4.69) is 4.98 Å². The first kappa shape index (κ1) is 12.1. The van der Waals surface area contributed by atoms with E-state index in [9.17, 15) is 13.6 Å². The standard InChI is InChI=1S/C12H6F2INO/c13-8-1-2-10(11(15)4-8)12(17)7-3-9(14)6-16-5-7/h1-6H. The summed E-state index contributed by atoms with van der Waals surface area (Å²) in [5, 5.41) is 0. The van der Waals surface area contributed by atoms with Crippen molar-refractivity contribution in [1.82, 2.24) is 4.98 Å². The zero-order chi connectivity index (χ0) is 12.4. The summed E-state index contributed by atoms with van der Waals surface area (Å²) in [6.45, 7) is 0. The fraction of sp³-hybridized carbons (Fsp3) is 0. The molecule has 0 amide bonds. The molecule has 0 saturated heterocycles.